The molecule has 1 aromatic carbocycles. The van der Waals surface area contributed by atoms with Gasteiger partial charge in [0.1, 0.15) is 0 Å². The Morgan fingerprint density at radius 3 is 1.59 bits per heavy atom. The maximum absolute atomic E-state index is 11.2. The topological polar surface area (TPSA) is 0 Å². The van der Waals surface area contributed by atoms with Crippen LogP contribution in [0.5, 0.6) is 0 Å². The predicted molar refractivity (Wildman–Crippen MR) is 74.5 cm³/mol. The number of hydrogen-bond acceptors (Lipinski definition) is 0. The molecule has 0 saturated carbocycles. The normalized spacial score (nSPS) is 15.5. The van der Waals surface area contributed by atoms with Gasteiger partial charge in [-0.15, -0.1) is 6.42 Å². The van der Waals surface area contributed by atoms with Gasteiger partial charge in [0.15, 0.2) is 0 Å². The number of hydrogen-bond donors (Lipinski definition) is 0. The number of rotatable bonds is 1. The summed E-state index contributed by atoms with van der Waals surface area (Å²) in [6.07, 6.45) is 10.0. The van der Waals surface area contributed by atoms with Gasteiger partial charge in [0.25, 0.3) is 0 Å². The van der Waals surface area contributed by atoms with Crippen molar-refractivity contribution in [1.82, 2.24) is 0 Å². The second-order valence-corrected chi connectivity index (χ2v) is 10.00. The van der Waals surface area contributed by atoms with Crippen molar-refractivity contribution >= 4 is 19.5 Å². The zero-order valence-electron chi connectivity index (χ0n) is 12.0. The Kier molecular flexibility index (Phi) is 9.19. The van der Waals surface area contributed by atoms with Gasteiger partial charge in [-0.1, -0.05) is 44.2 Å². The van der Waals surface area contributed by atoms with Gasteiger partial charge in [0, 0.05) is 0 Å². The van der Waals surface area contributed by atoms with E-state index in [1.807, 2.05) is 18.2 Å². The molecule has 128 valence electrons. The van der Waals surface area contributed by atoms with E-state index in [0.717, 1.165) is 6.42 Å². The Labute approximate surface area is 139 Å². The molecule has 0 heterocycles. The maximum Gasteiger partial charge on any atom is 2.00 e. The van der Waals surface area contributed by atoms with Crippen molar-refractivity contribution in [3.63, 3.8) is 0 Å². The van der Waals surface area contributed by atoms with Crippen LogP contribution in [0, 0.1) is 6.08 Å². The first-order chi connectivity index (χ1) is 9.25. The summed E-state index contributed by atoms with van der Waals surface area (Å²) in [4.78, 5) is 0. The third-order valence-corrected chi connectivity index (χ3v) is 2.05. The van der Waals surface area contributed by atoms with Gasteiger partial charge in [0.05, 0.1) is 0 Å². The van der Waals surface area contributed by atoms with Crippen LogP contribution >= 0.6 is 0 Å². The number of allylic oxidation sites excluding steroid dienone is 4. The van der Waals surface area contributed by atoms with Crippen molar-refractivity contribution in [1.29, 1.82) is 0 Å². The van der Waals surface area contributed by atoms with Gasteiger partial charge in [-0.05, 0) is 11.5 Å². The van der Waals surface area contributed by atoms with Gasteiger partial charge in [0.2, 0.25) is 0 Å². The molecular formula is C14H17F6FeSb. The minimum atomic E-state index is -11.2. The Bertz CT molecular complexity index is 455. The fourth-order valence-electron chi connectivity index (χ4n) is 1.18. The summed E-state index contributed by atoms with van der Waals surface area (Å²) >= 11 is -11.2. The molecule has 1 aliphatic carbocycles. The molecule has 0 nitrogen and oxygen atoms in total. The van der Waals surface area contributed by atoms with E-state index in [2.05, 4.69) is 50.3 Å². The van der Waals surface area contributed by atoms with E-state index in [1.54, 1.807) is 0 Å². The smallest absolute Gasteiger partial charge is 2.00 e. The standard InChI is InChI=1S/C9H12.C5H5.6FH.Fe.Sb/c1-8(2)9-6-4-3-5-7-9;1-2-4-5-3-1;;;;;;;;/h3-8H,1-2H3;1-3H,4H2;6*1H;;/q;-1;;;;;;;+2;+5/p-6. The first-order valence-electron chi connectivity index (χ1n) is 6.09. The largest absolute Gasteiger partial charge is 2.00 e. The molecule has 0 amide bonds. The van der Waals surface area contributed by atoms with Crippen molar-refractivity contribution in [2.75, 3.05) is 0 Å². The van der Waals surface area contributed by atoms with Crippen molar-refractivity contribution in [3.8, 4) is 0 Å². The van der Waals surface area contributed by atoms with E-state index in [4.69, 9.17) is 0 Å². The molecule has 0 N–H and O–H groups in total. The van der Waals surface area contributed by atoms with E-state index in [0.29, 0.717) is 5.92 Å². The first kappa shape index (κ1) is 23.9. The summed E-state index contributed by atoms with van der Waals surface area (Å²) < 4.78 is 59.6. The number of halogens is 6. The Hall–Kier alpha value is -0.382. The van der Waals surface area contributed by atoms with Gasteiger partial charge < -0.3 is 0 Å². The van der Waals surface area contributed by atoms with Gasteiger partial charge in [-0.3, -0.25) is 6.08 Å². The van der Waals surface area contributed by atoms with Crippen molar-refractivity contribution in [2.45, 2.75) is 26.2 Å². The Morgan fingerprint density at radius 2 is 1.41 bits per heavy atom. The van der Waals surface area contributed by atoms with E-state index in [-0.39, 0.29) is 17.1 Å². The van der Waals surface area contributed by atoms with Crippen LogP contribution in [-0.2, 0) is 17.1 Å². The quantitative estimate of drug-likeness (QED) is 0.255. The van der Waals surface area contributed by atoms with Crippen LogP contribution in [0.2, 0.25) is 0 Å². The second kappa shape index (κ2) is 8.46. The molecule has 0 radical (unpaired) electrons. The van der Waals surface area contributed by atoms with Crippen LogP contribution in [-0.4, -0.2) is 19.5 Å². The van der Waals surface area contributed by atoms with E-state index in [1.165, 1.54) is 5.56 Å². The average Bonchev–Trinajstić information content (AvgIpc) is 2.84. The molecule has 0 saturated heterocycles. The van der Waals surface area contributed by atoms with Crippen LogP contribution in [0.3, 0.4) is 0 Å². The molecule has 0 aliphatic heterocycles. The van der Waals surface area contributed by atoms with Gasteiger partial charge in [-0.25, -0.2) is 12.2 Å². The Balaban J connectivity index is 0. The zero-order chi connectivity index (χ0) is 16.6. The summed E-state index contributed by atoms with van der Waals surface area (Å²) in [6, 6.07) is 10.5. The van der Waals surface area contributed by atoms with E-state index >= 15 is 0 Å². The van der Waals surface area contributed by atoms with Gasteiger partial charge >= 0.3 is 53.4 Å². The van der Waals surface area contributed by atoms with E-state index < -0.39 is 19.5 Å². The molecule has 0 fully saturated rings. The Morgan fingerprint density at radius 1 is 0.955 bits per heavy atom. The third-order valence-electron chi connectivity index (χ3n) is 2.05. The van der Waals surface area contributed by atoms with Gasteiger partial charge in [-0.2, -0.15) is 6.08 Å². The molecule has 1 aliphatic rings. The first-order valence-corrected chi connectivity index (χ1v) is 11.9. The minimum absolute atomic E-state index is 0. The summed E-state index contributed by atoms with van der Waals surface area (Å²) in [7, 11) is 0. The van der Waals surface area contributed by atoms with Crippen LogP contribution in [0.1, 0.15) is 31.7 Å². The molecule has 0 unspecified atom stereocenters. The summed E-state index contributed by atoms with van der Waals surface area (Å²) in [5.74, 6) is 0.659. The summed E-state index contributed by atoms with van der Waals surface area (Å²) in [5.41, 5.74) is 1.41. The zero-order valence-corrected chi connectivity index (χ0v) is 15.6. The molecule has 1 aromatic rings. The van der Waals surface area contributed by atoms with E-state index in [9.17, 15) is 16.9 Å². The average molecular weight is 477 g/mol. The molecule has 0 bridgehead atoms. The fourth-order valence-corrected chi connectivity index (χ4v) is 1.18. The molecular weight excluding hydrogens is 460 g/mol. The van der Waals surface area contributed by atoms with Crippen LogP contribution in [0.25, 0.3) is 0 Å². The predicted octanol–water partition coefficient (Wildman–Crippen LogP) is 6.25. The minimum Gasteiger partial charge on any atom is 2.00 e. The molecule has 22 heavy (non-hydrogen) atoms. The fraction of sp³-hybridized carbons (Fsp3) is 0.286. The summed E-state index contributed by atoms with van der Waals surface area (Å²) in [6.45, 7) is 4.41. The molecule has 0 spiro atoms. The van der Waals surface area contributed by atoms with Crippen molar-refractivity contribution < 1.29 is 33.9 Å². The third kappa shape index (κ3) is 24.6. The SMILES string of the molecule is CC(C)c1ccccc1.[C-]1=CC=CC1.[F][Sb-]([F])([F])([F])([F])[F].[Fe+2]. The van der Waals surface area contributed by atoms with Crippen LogP contribution in [0.4, 0.5) is 16.9 Å². The second-order valence-electron chi connectivity index (χ2n) is 4.53. The molecule has 0 atom stereocenters. The molecule has 2 rings (SSSR count). The summed E-state index contributed by atoms with van der Waals surface area (Å²) in [5, 5.41) is 0. The molecule has 8 heteroatoms. The maximum atomic E-state index is 9.93. The number of benzene rings is 1. The van der Waals surface area contributed by atoms with Crippen molar-refractivity contribution in [3.05, 3.63) is 60.2 Å². The van der Waals surface area contributed by atoms with Crippen LogP contribution in [0.15, 0.2) is 48.6 Å². The van der Waals surface area contributed by atoms with Crippen LogP contribution < -0.4 is 0 Å². The molecule has 0 aromatic heterocycles. The monoisotopic (exact) mass is 476 g/mol. The van der Waals surface area contributed by atoms with Crippen molar-refractivity contribution in [2.24, 2.45) is 0 Å².